The van der Waals surface area contributed by atoms with Crippen LogP contribution in [0.3, 0.4) is 0 Å². The van der Waals surface area contributed by atoms with E-state index in [2.05, 4.69) is 0 Å². The summed E-state index contributed by atoms with van der Waals surface area (Å²) in [6.45, 7) is 7.73. The molecule has 1 aromatic heterocycles. The summed E-state index contributed by atoms with van der Waals surface area (Å²) in [6.07, 6.45) is -0.0564. The van der Waals surface area contributed by atoms with Crippen LogP contribution in [0.4, 0.5) is 0 Å². The Morgan fingerprint density at radius 2 is 1.56 bits per heavy atom. The van der Waals surface area contributed by atoms with E-state index in [4.69, 9.17) is 13.9 Å². The highest BCUT2D eigenvalue weighted by molar-refractivity contribution is 5.86. The molecular weight excluding hydrogens is 316 g/mol. The summed E-state index contributed by atoms with van der Waals surface area (Å²) in [7, 11) is 0. The first-order valence-electron chi connectivity index (χ1n) is 8.44. The van der Waals surface area contributed by atoms with Gasteiger partial charge in [0.1, 0.15) is 28.2 Å². The molecule has 4 heteroatoms. The Labute approximate surface area is 147 Å². The van der Waals surface area contributed by atoms with Gasteiger partial charge in [0, 0.05) is 23.8 Å². The van der Waals surface area contributed by atoms with Crippen molar-refractivity contribution in [2.45, 2.75) is 39.9 Å². The molecule has 0 fully saturated rings. The molecule has 0 saturated carbocycles. The summed E-state index contributed by atoms with van der Waals surface area (Å²) < 4.78 is 17.6. The van der Waals surface area contributed by atoms with Crippen LogP contribution in [0.25, 0.3) is 22.3 Å². The van der Waals surface area contributed by atoms with Crippen LogP contribution in [0.15, 0.2) is 57.7 Å². The topological polar surface area (TPSA) is 48.7 Å². The first-order valence-corrected chi connectivity index (χ1v) is 8.44. The summed E-state index contributed by atoms with van der Waals surface area (Å²) in [5.74, 6) is 1.62. The van der Waals surface area contributed by atoms with Crippen molar-refractivity contribution in [1.29, 1.82) is 0 Å². The second-order valence-electron chi connectivity index (χ2n) is 6.47. The lowest BCUT2D eigenvalue weighted by molar-refractivity contribution is 0.231. The summed E-state index contributed by atoms with van der Waals surface area (Å²) in [4.78, 5) is 12.7. The molecule has 0 bridgehead atoms. The maximum Gasteiger partial charge on any atom is 0.197 e. The fourth-order valence-electron chi connectivity index (χ4n) is 2.66. The molecule has 0 saturated heterocycles. The van der Waals surface area contributed by atoms with Gasteiger partial charge < -0.3 is 13.9 Å². The van der Waals surface area contributed by atoms with E-state index >= 15 is 0 Å². The van der Waals surface area contributed by atoms with Crippen molar-refractivity contribution < 1.29 is 13.9 Å². The molecule has 0 atom stereocenters. The quantitative estimate of drug-likeness (QED) is 0.654. The van der Waals surface area contributed by atoms with Crippen molar-refractivity contribution in [3.8, 4) is 22.8 Å². The first-order chi connectivity index (χ1) is 11.9. The van der Waals surface area contributed by atoms with Gasteiger partial charge in [-0.2, -0.15) is 0 Å². The summed E-state index contributed by atoms with van der Waals surface area (Å²) in [5, 5.41) is 0.435. The highest BCUT2D eigenvalue weighted by Crippen LogP contribution is 2.32. The molecule has 0 spiro atoms. The monoisotopic (exact) mass is 338 g/mol. The third-order valence-corrected chi connectivity index (χ3v) is 3.56. The van der Waals surface area contributed by atoms with Gasteiger partial charge in [-0.25, -0.2) is 0 Å². The molecule has 2 aromatic carbocycles. The van der Waals surface area contributed by atoms with Gasteiger partial charge >= 0.3 is 0 Å². The Balaban J connectivity index is 2.22. The first kappa shape index (κ1) is 17.1. The predicted octanol–water partition coefficient (Wildman–Crippen LogP) is 5.03. The SMILES string of the molecule is CC(C)Oc1cc(OC(C)C)c2c(=O)cc(-c3ccccc3)oc2c1. The molecule has 0 unspecified atom stereocenters. The zero-order valence-corrected chi connectivity index (χ0v) is 14.9. The Morgan fingerprint density at radius 1 is 0.880 bits per heavy atom. The van der Waals surface area contributed by atoms with Gasteiger partial charge in [-0.1, -0.05) is 30.3 Å². The molecule has 4 nitrogen and oxygen atoms in total. The van der Waals surface area contributed by atoms with E-state index in [1.54, 1.807) is 12.1 Å². The van der Waals surface area contributed by atoms with Crippen LogP contribution in [0.2, 0.25) is 0 Å². The Bertz CT molecular complexity index is 924. The van der Waals surface area contributed by atoms with Gasteiger partial charge in [-0.3, -0.25) is 4.79 Å². The van der Waals surface area contributed by atoms with Crippen molar-refractivity contribution in [2.75, 3.05) is 0 Å². The lowest BCUT2D eigenvalue weighted by atomic mass is 10.1. The van der Waals surface area contributed by atoms with Crippen LogP contribution in [-0.4, -0.2) is 12.2 Å². The summed E-state index contributed by atoms with van der Waals surface area (Å²) in [6, 6.07) is 14.6. The normalized spacial score (nSPS) is 11.3. The van der Waals surface area contributed by atoms with Crippen molar-refractivity contribution >= 4 is 11.0 Å². The minimum absolute atomic E-state index is 0.00776. The van der Waals surface area contributed by atoms with E-state index < -0.39 is 0 Å². The molecule has 25 heavy (non-hydrogen) atoms. The van der Waals surface area contributed by atoms with Crippen LogP contribution >= 0.6 is 0 Å². The smallest absolute Gasteiger partial charge is 0.197 e. The minimum Gasteiger partial charge on any atom is -0.491 e. The van der Waals surface area contributed by atoms with Crippen LogP contribution in [0, 0.1) is 0 Å². The van der Waals surface area contributed by atoms with E-state index in [0.29, 0.717) is 28.2 Å². The van der Waals surface area contributed by atoms with E-state index in [9.17, 15) is 4.79 Å². The van der Waals surface area contributed by atoms with Crippen LogP contribution in [-0.2, 0) is 0 Å². The highest BCUT2D eigenvalue weighted by atomic mass is 16.5. The summed E-state index contributed by atoms with van der Waals surface area (Å²) >= 11 is 0. The second kappa shape index (κ2) is 7.01. The molecule has 0 aliphatic carbocycles. The number of benzene rings is 2. The molecule has 3 aromatic rings. The lowest BCUT2D eigenvalue weighted by Gasteiger charge is -2.16. The third kappa shape index (κ3) is 3.85. The molecule has 0 radical (unpaired) electrons. The summed E-state index contributed by atoms with van der Waals surface area (Å²) in [5.41, 5.74) is 1.18. The standard InChI is InChI=1S/C21H22O4/c1-13(2)23-16-10-19(24-14(3)4)21-17(22)12-18(25-20(21)11-16)15-8-6-5-7-9-15/h5-14H,1-4H3. The molecule has 130 valence electrons. The van der Waals surface area contributed by atoms with Gasteiger partial charge in [-0.15, -0.1) is 0 Å². The number of hydrogen-bond donors (Lipinski definition) is 0. The van der Waals surface area contributed by atoms with Crippen LogP contribution in [0.1, 0.15) is 27.7 Å². The zero-order valence-electron chi connectivity index (χ0n) is 14.9. The highest BCUT2D eigenvalue weighted by Gasteiger charge is 2.15. The molecule has 0 amide bonds. The van der Waals surface area contributed by atoms with Crippen molar-refractivity contribution in [3.05, 3.63) is 58.8 Å². The molecule has 0 aliphatic heterocycles. The Kier molecular flexibility index (Phi) is 4.79. The second-order valence-corrected chi connectivity index (χ2v) is 6.47. The van der Waals surface area contributed by atoms with Gasteiger partial charge in [0.05, 0.1) is 12.2 Å². The fourth-order valence-corrected chi connectivity index (χ4v) is 2.66. The predicted molar refractivity (Wildman–Crippen MR) is 99.4 cm³/mol. The van der Waals surface area contributed by atoms with Crippen LogP contribution in [0.5, 0.6) is 11.5 Å². The minimum atomic E-state index is -0.133. The number of fused-ring (bicyclic) bond motifs is 1. The van der Waals surface area contributed by atoms with E-state index in [1.807, 2.05) is 58.0 Å². The van der Waals surface area contributed by atoms with Crippen molar-refractivity contribution in [1.82, 2.24) is 0 Å². The molecule has 0 aliphatic rings. The molecule has 3 rings (SSSR count). The zero-order chi connectivity index (χ0) is 18.0. The molecule has 1 heterocycles. The van der Waals surface area contributed by atoms with Gasteiger partial charge in [0.15, 0.2) is 5.43 Å². The molecular formula is C21H22O4. The Hall–Kier alpha value is -2.75. The maximum atomic E-state index is 12.7. The van der Waals surface area contributed by atoms with Crippen LogP contribution < -0.4 is 14.9 Å². The third-order valence-electron chi connectivity index (χ3n) is 3.56. The van der Waals surface area contributed by atoms with Gasteiger partial charge in [0.2, 0.25) is 0 Å². The number of ether oxygens (including phenoxy) is 2. The van der Waals surface area contributed by atoms with E-state index in [1.165, 1.54) is 6.07 Å². The average molecular weight is 338 g/mol. The number of hydrogen-bond acceptors (Lipinski definition) is 4. The van der Waals surface area contributed by atoms with Gasteiger partial charge in [-0.05, 0) is 27.7 Å². The Morgan fingerprint density at radius 3 is 2.20 bits per heavy atom. The number of rotatable bonds is 5. The van der Waals surface area contributed by atoms with Gasteiger partial charge in [0.25, 0.3) is 0 Å². The van der Waals surface area contributed by atoms with E-state index in [0.717, 1.165) is 5.56 Å². The lowest BCUT2D eigenvalue weighted by Crippen LogP contribution is -2.11. The van der Waals surface area contributed by atoms with Crippen molar-refractivity contribution in [2.24, 2.45) is 0 Å². The largest absolute Gasteiger partial charge is 0.491 e. The fraction of sp³-hybridized carbons (Fsp3) is 0.286. The average Bonchev–Trinajstić information content (AvgIpc) is 2.53. The van der Waals surface area contributed by atoms with E-state index in [-0.39, 0.29) is 17.6 Å². The molecule has 0 N–H and O–H groups in total. The maximum absolute atomic E-state index is 12.7. The van der Waals surface area contributed by atoms with Crippen molar-refractivity contribution in [3.63, 3.8) is 0 Å².